The highest BCUT2D eigenvalue weighted by Crippen LogP contribution is 2.10. The van der Waals surface area contributed by atoms with Gasteiger partial charge in [0.15, 0.2) is 0 Å². The normalized spacial score (nSPS) is 8.47. The number of Topliss-reactive ketones (excluding diaryl/α,β-unsaturated/α-hetero) is 1. The number of nitrogens with zero attached hydrogens (tertiary/aromatic N) is 1. The second-order valence-corrected chi connectivity index (χ2v) is 2.78. The molecule has 0 aliphatic heterocycles. The molecule has 0 unspecified atom stereocenters. The maximum Gasteiger partial charge on any atom is 0.339 e. The zero-order chi connectivity index (χ0) is 11.8. The van der Waals surface area contributed by atoms with Crippen LogP contribution in [0.3, 0.4) is 0 Å². The number of anilines is 1. The number of ketones is 1. The summed E-state index contributed by atoms with van der Waals surface area (Å²) in [5.41, 5.74) is 2.68. The molecule has 0 saturated carbocycles. The van der Waals surface area contributed by atoms with Gasteiger partial charge in [-0.3, -0.25) is 10.8 Å². The van der Waals surface area contributed by atoms with Gasteiger partial charge in [0.05, 0.1) is 5.69 Å². The Morgan fingerprint density at radius 1 is 1.47 bits per heavy atom. The lowest BCUT2D eigenvalue weighted by atomic mass is 10.2. The maximum atomic E-state index is 10.4. The third-order valence-corrected chi connectivity index (χ3v) is 1.21. The average molecular weight is 211 g/mol. The van der Waals surface area contributed by atoms with Gasteiger partial charge in [0.2, 0.25) is 0 Å². The molecule has 0 aromatic carbocycles. The largest absolute Gasteiger partial charge is 0.478 e. The molecule has 0 aliphatic carbocycles. The molecule has 82 valence electrons. The Labute approximate surface area is 87.1 Å². The van der Waals surface area contributed by atoms with E-state index in [9.17, 15) is 9.59 Å². The number of carboxylic acid groups (broad SMARTS) is 1. The first-order chi connectivity index (χ1) is 6.99. The summed E-state index contributed by atoms with van der Waals surface area (Å²) in [4.78, 5) is 23.5. The second-order valence-electron chi connectivity index (χ2n) is 2.78. The van der Waals surface area contributed by atoms with E-state index in [0.29, 0.717) is 5.69 Å². The van der Waals surface area contributed by atoms with Gasteiger partial charge < -0.3 is 15.3 Å². The number of nitrogen functional groups attached to an aromatic ring is 1. The number of hydrogen-bond donors (Lipinski definition) is 3. The standard InChI is InChI=1S/C6H7N3O2.C3H6O/c7-9-5-1-2-8-3-4(5)6(10)11;1-3(2)4/h1-3H,7H2,(H,8,9)(H,10,11);1-2H3. The Morgan fingerprint density at radius 3 is 2.33 bits per heavy atom. The van der Waals surface area contributed by atoms with Crippen LogP contribution in [0.1, 0.15) is 24.2 Å². The van der Waals surface area contributed by atoms with Crippen LogP contribution in [0.2, 0.25) is 0 Å². The highest BCUT2D eigenvalue weighted by atomic mass is 16.4. The number of nitrogens with one attached hydrogen (secondary N) is 1. The van der Waals surface area contributed by atoms with Crippen LogP contribution in [0.5, 0.6) is 0 Å². The van der Waals surface area contributed by atoms with Crippen LogP contribution >= 0.6 is 0 Å². The fourth-order valence-electron chi connectivity index (χ4n) is 0.691. The quantitative estimate of drug-likeness (QED) is 0.490. The van der Waals surface area contributed by atoms with Crippen molar-refractivity contribution in [1.82, 2.24) is 4.98 Å². The molecule has 0 atom stereocenters. The Bertz CT molecular complexity index is 348. The van der Waals surface area contributed by atoms with Crippen molar-refractivity contribution in [2.75, 3.05) is 5.43 Å². The Morgan fingerprint density at radius 2 is 2.00 bits per heavy atom. The van der Waals surface area contributed by atoms with Crippen LogP contribution in [0.15, 0.2) is 18.5 Å². The Balaban J connectivity index is 0.000000423. The molecule has 1 rings (SSSR count). The molecule has 0 spiro atoms. The van der Waals surface area contributed by atoms with E-state index in [2.05, 4.69) is 10.4 Å². The van der Waals surface area contributed by atoms with Crippen molar-refractivity contribution in [3.05, 3.63) is 24.0 Å². The van der Waals surface area contributed by atoms with E-state index in [1.807, 2.05) is 0 Å². The topological polar surface area (TPSA) is 105 Å². The van der Waals surface area contributed by atoms with Gasteiger partial charge in [-0.15, -0.1) is 0 Å². The van der Waals surface area contributed by atoms with E-state index < -0.39 is 5.97 Å². The molecular formula is C9H13N3O3. The maximum absolute atomic E-state index is 10.4. The first-order valence-corrected chi connectivity index (χ1v) is 4.10. The molecule has 1 aromatic heterocycles. The van der Waals surface area contributed by atoms with Crippen molar-refractivity contribution in [3.8, 4) is 0 Å². The average Bonchev–Trinajstić information content (AvgIpc) is 2.16. The van der Waals surface area contributed by atoms with Crippen molar-refractivity contribution in [2.45, 2.75) is 13.8 Å². The van der Waals surface area contributed by atoms with Gasteiger partial charge in [0.1, 0.15) is 11.3 Å². The highest BCUT2D eigenvalue weighted by molar-refractivity contribution is 5.93. The van der Waals surface area contributed by atoms with Crippen LogP contribution < -0.4 is 11.3 Å². The third-order valence-electron chi connectivity index (χ3n) is 1.21. The summed E-state index contributed by atoms with van der Waals surface area (Å²) >= 11 is 0. The number of rotatable bonds is 2. The second kappa shape index (κ2) is 6.50. The molecule has 1 aromatic rings. The number of aromatic carboxylic acids is 1. The van der Waals surface area contributed by atoms with E-state index in [1.54, 1.807) is 0 Å². The van der Waals surface area contributed by atoms with Crippen molar-refractivity contribution >= 4 is 17.4 Å². The summed E-state index contributed by atoms with van der Waals surface area (Å²) in [6.07, 6.45) is 2.69. The molecular weight excluding hydrogens is 198 g/mol. The first-order valence-electron chi connectivity index (χ1n) is 4.10. The number of carboxylic acids is 1. The van der Waals surface area contributed by atoms with Gasteiger partial charge in [-0.1, -0.05) is 0 Å². The lowest BCUT2D eigenvalue weighted by Crippen LogP contribution is -2.11. The number of hydrazine groups is 1. The van der Waals surface area contributed by atoms with Crippen molar-refractivity contribution in [1.29, 1.82) is 0 Å². The summed E-state index contributed by atoms with van der Waals surface area (Å²) in [5, 5.41) is 8.56. The third kappa shape index (κ3) is 5.37. The summed E-state index contributed by atoms with van der Waals surface area (Å²) in [6.45, 7) is 3.06. The van der Waals surface area contributed by atoms with Gasteiger partial charge in [-0.25, -0.2) is 4.79 Å². The van der Waals surface area contributed by atoms with E-state index in [0.717, 1.165) is 0 Å². The molecule has 6 heteroatoms. The van der Waals surface area contributed by atoms with Crippen molar-refractivity contribution < 1.29 is 14.7 Å². The molecule has 1 heterocycles. The molecule has 0 saturated heterocycles. The van der Waals surface area contributed by atoms with Gasteiger partial charge >= 0.3 is 5.97 Å². The fourth-order valence-corrected chi connectivity index (χ4v) is 0.691. The SMILES string of the molecule is CC(C)=O.NNc1ccncc1C(=O)O. The monoisotopic (exact) mass is 211 g/mol. The number of hydrogen-bond acceptors (Lipinski definition) is 5. The molecule has 6 nitrogen and oxygen atoms in total. The van der Waals surface area contributed by atoms with E-state index in [-0.39, 0.29) is 11.3 Å². The molecule has 0 radical (unpaired) electrons. The minimum absolute atomic E-state index is 0.0648. The van der Waals surface area contributed by atoms with Gasteiger partial charge in [-0.05, 0) is 19.9 Å². The number of carbonyl (C=O) groups excluding carboxylic acids is 1. The Kier molecular flexibility index (Phi) is 5.65. The summed E-state index contributed by atoms with van der Waals surface area (Å²) < 4.78 is 0. The molecule has 4 N–H and O–H groups in total. The minimum atomic E-state index is -1.05. The smallest absolute Gasteiger partial charge is 0.339 e. The van der Waals surface area contributed by atoms with Crippen LogP contribution in [-0.2, 0) is 4.79 Å². The van der Waals surface area contributed by atoms with Crippen molar-refractivity contribution in [3.63, 3.8) is 0 Å². The predicted octanol–water partition coefficient (Wildman–Crippen LogP) is 0.661. The highest BCUT2D eigenvalue weighted by Gasteiger charge is 2.07. The van der Waals surface area contributed by atoms with E-state index in [1.165, 1.54) is 32.3 Å². The van der Waals surface area contributed by atoms with Gasteiger partial charge in [0.25, 0.3) is 0 Å². The molecule has 0 aliphatic rings. The van der Waals surface area contributed by atoms with Crippen LogP contribution in [-0.4, -0.2) is 21.8 Å². The summed E-state index contributed by atoms with van der Waals surface area (Å²) in [6, 6.07) is 1.49. The molecule has 0 bridgehead atoms. The number of aromatic nitrogens is 1. The van der Waals surface area contributed by atoms with Crippen LogP contribution in [0.25, 0.3) is 0 Å². The summed E-state index contributed by atoms with van der Waals surface area (Å²) in [5.74, 6) is 4.16. The first kappa shape index (κ1) is 13.1. The van der Waals surface area contributed by atoms with Crippen LogP contribution in [0, 0.1) is 0 Å². The van der Waals surface area contributed by atoms with Crippen LogP contribution in [0.4, 0.5) is 5.69 Å². The number of pyridine rings is 1. The van der Waals surface area contributed by atoms with E-state index in [4.69, 9.17) is 10.9 Å². The molecule has 0 fully saturated rings. The minimum Gasteiger partial charge on any atom is -0.478 e. The molecule has 15 heavy (non-hydrogen) atoms. The van der Waals surface area contributed by atoms with E-state index >= 15 is 0 Å². The zero-order valence-electron chi connectivity index (χ0n) is 8.52. The zero-order valence-corrected chi connectivity index (χ0v) is 8.52. The fraction of sp³-hybridized carbons (Fsp3) is 0.222. The molecule has 0 amide bonds. The van der Waals surface area contributed by atoms with Crippen molar-refractivity contribution in [2.24, 2.45) is 5.84 Å². The lowest BCUT2D eigenvalue weighted by Gasteiger charge is -2.01. The Hall–Kier alpha value is -1.95. The number of carbonyl (C=O) groups is 2. The lowest BCUT2D eigenvalue weighted by molar-refractivity contribution is -0.114. The summed E-state index contributed by atoms with van der Waals surface area (Å²) in [7, 11) is 0. The predicted molar refractivity (Wildman–Crippen MR) is 55.4 cm³/mol. The number of nitrogens with two attached hydrogens (primary N) is 1. The van der Waals surface area contributed by atoms with Gasteiger partial charge in [0, 0.05) is 12.4 Å². The van der Waals surface area contributed by atoms with Gasteiger partial charge in [-0.2, -0.15) is 0 Å².